The number of anilines is 1. The van der Waals surface area contributed by atoms with Crippen molar-refractivity contribution in [1.82, 2.24) is 0 Å². The molecule has 0 atom stereocenters. The molecule has 17 heteroatoms. The summed E-state index contributed by atoms with van der Waals surface area (Å²) in [6.45, 7) is 14.5. The van der Waals surface area contributed by atoms with Gasteiger partial charge in [0.2, 0.25) is 0 Å². The molecule has 3 aromatic rings. The molecule has 0 spiro atoms. The molecule has 0 aliphatic rings. The van der Waals surface area contributed by atoms with Crippen molar-refractivity contribution in [2.75, 3.05) is 124 Å². The highest BCUT2D eigenvalue weighted by Gasteiger charge is 2.50. The summed E-state index contributed by atoms with van der Waals surface area (Å²) in [5.41, 5.74) is -0.524. The van der Waals surface area contributed by atoms with Crippen LogP contribution < -0.4 is 15.7 Å². The molecule has 0 unspecified atom stereocenters. The van der Waals surface area contributed by atoms with Crippen LogP contribution in [0.25, 0.3) is 0 Å². The Bertz CT molecular complexity index is 1490. The maximum Gasteiger partial charge on any atom is 0.299 e. The fourth-order valence-corrected chi connectivity index (χ4v) is 10.4. The summed E-state index contributed by atoms with van der Waals surface area (Å²) in [5.74, 6) is 0. The normalized spacial score (nSPS) is 11.8. The van der Waals surface area contributed by atoms with E-state index in [2.05, 4.69) is 74.6 Å². The third-order valence-corrected chi connectivity index (χ3v) is 13.6. The van der Waals surface area contributed by atoms with Crippen molar-refractivity contribution in [1.29, 1.82) is 0 Å². The average Bonchev–Trinajstić information content (AvgIpc) is 3.20. The highest BCUT2D eigenvalue weighted by atomic mass is 28.4. The minimum absolute atomic E-state index is 0.0726. The molecule has 1 N–H and O–H groups in total. The van der Waals surface area contributed by atoms with Gasteiger partial charge >= 0.3 is 0 Å². The number of ether oxygens (including phenoxy) is 8. The fraction of sp³-hybridized carbons (Fsp3) is 0.550. The molecular weight excluding hydrogens is 759 g/mol. The molecule has 57 heavy (non-hydrogen) atoms. The first-order chi connectivity index (χ1) is 27.7. The van der Waals surface area contributed by atoms with Gasteiger partial charge in [-0.1, -0.05) is 81.4 Å². The average molecular weight is 818 g/mol. The van der Waals surface area contributed by atoms with Crippen LogP contribution in [0.4, 0.5) is 17.1 Å². The Morgan fingerprint density at radius 1 is 0.509 bits per heavy atom. The first-order valence-corrected chi connectivity index (χ1v) is 21.1. The van der Waals surface area contributed by atoms with Crippen molar-refractivity contribution in [3.05, 3.63) is 99.1 Å². The van der Waals surface area contributed by atoms with Gasteiger partial charge in [0.1, 0.15) is 5.69 Å². The number of hydrogen-bond acceptors (Lipinski definition) is 14. The van der Waals surface area contributed by atoms with E-state index < -0.39 is 18.2 Å². The highest BCUT2D eigenvalue weighted by molar-refractivity contribution is 6.99. The van der Waals surface area contributed by atoms with Gasteiger partial charge in [0.25, 0.3) is 19.7 Å². The lowest BCUT2D eigenvalue weighted by atomic mass is 10.2. The van der Waals surface area contributed by atoms with Gasteiger partial charge in [0.15, 0.2) is 0 Å². The van der Waals surface area contributed by atoms with Crippen molar-refractivity contribution in [3.63, 3.8) is 0 Å². The number of nitro benzene ring substituents is 2. The first-order valence-electron chi connectivity index (χ1n) is 19.2. The van der Waals surface area contributed by atoms with Gasteiger partial charge in [-0.2, -0.15) is 0 Å². The Balaban J connectivity index is 1.05. The largest absolute Gasteiger partial charge is 0.405 e. The maximum absolute atomic E-state index is 11.2. The van der Waals surface area contributed by atoms with Crippen LogP contribution in [0.15, 0.2) is 78.9 Å². The number of non-ortho nitro benzene ring substituents is 1. The lowest BCUT2D eigenvalue weighted by Crippen LogP contribution is -2.66. The third-order valence-electron chi connectivity index (χ3n) is 8.52. The predicted octanol–water partition coefficient (Wildman–Crippen LogP) is 4.62. The Morgan fingerprint density at radius 3 is 1.23 bits per heavy atom. The number of benzene rings is 3. The van der Waals surface area contributed by atoms with E-state index >= 15 is 0 Å². The minimum atomic E-state index is -2.56. The second-order valence-electron chi connectivity index (χ2n) is 13.6. The second kappa shape index (κ2) is 27.7. The molecule has 0 saturated carbocycles. The van der Waals surface area contributed by atoms with E-state index in [1.165, 1.54) is 22.5 Å². The van der Waals surface area contributed by atoms with E-state index in [0.717, 1.165) is 6.07 Å². The van der Waals surface area contributed by atoms with Gasteiger partial charge in [0.05, 0.1) is 128 Å². The monoisotopic (exact) mass is 817 g/mol. The molecule has 0 aliphatic heterocycles. The van der Waals surface area contributed by atoms with Crippen molar-refractivity contribution in [2.24, 2.45) is 0 Å². The van der Waals surface area contributed by atoms with Crippen LogP contribution in [0.1, 0.15) is 20.8 Å². The predicted molar refractivity (Wildman–Crippen MR) is 218 cm³/mol. The molecule has 16 nitrogen and oxygen atoms in total. The molecule has 0 aliphatic carbocycles. The van der Waals surface area contributed by atoms with Crippen LogP contribution in [0, 0.1) is 20.2 Å². The van der Waals surface area contributed by atoms with Gasteiger partial charge in [-0.05, 0) is 21.5 Å². The summed E-state index contributed by atoms with van der Waals surface area (Å²) >= 11 is 0. The first kappa shape index (κ1) is 47.5. The van der Waals surface area contributed by atoms with Gasteiger partial charge < -0.3 is 47.6 Å². The standard InChI is InChI=1S/C40H59N3O13Si/c1-40(2,3)57(36-10-6-4-7-11-36,37-12-8-5-9-13-37)56-33-32-55-31-30-54-29-28-53-27-26-52-25-24-51-23-22-50-21-20-49-19-18-48-17-16-41-38-15-14-35(42(44)45)34-39(38)43(46)47/h4-15,34,41H,16-33H2,1-3H3. The molecule has 0 saturated heterocycles. The Hall–Kier alpha value is -3.88. The summed E-state index contributed by atoms with van der Waals surface area (Å²) in [6, 6.07) is 24.6. The number of nitrogens with one attached hydrogen (secondary N) is 1. The van der Waals surface area contributed by atoms with Gasteiger partial charge in [-0.3, -0.25) is 20.2 Å². The van der Waals surface area contributed by atoms with Crippen LogP contribution in [0.5, 0.6) is 0 Å². The summed E-state index contributed by atoms with van der Waals surface area (Å²) in [5, 5.41) is 27.3. The molecule has 0 radical (unpaired) electrons. The van der Waals surface area contributed by atoms with E-state index in [-0.39, 0.29) is 35.3 Å². The molecule has 0 fully saturated rings. The zero-order chi connectivity index (χ0) is 41.0. The van der Waals surface area contributed by atoms with Crippen molar-refractivity contribution in [2.45, 2.75) is 25.8 Å². The van der Waals surface area contributed by atoms with Crippen LogP contribution in [-0.4, -0.2) is 137 Å². The summed E-state index contributed by atoms with van der Waals surface area (Å²) < 4.78 is 51.3. The number of rotatable bonds is 33. The smallest absolute Gasteiger partial charge is 0.299 e. The van der Waals surface area contributed by atoms with Gasteiger partial charge in [-0.25, -0.2) is 0 Å². The highest BCUT2D eigenvalue weighted by Crippen LogP contribution is 2.36. The van der Waals surface area contributed by atoms with E-state index in [9.17, 15) is 20.2 Å². The Labute approximate surface area is 336 Å². The molecular formula is C40H59N3O13Si. The van der Waals surface area contributed by atoms with E-state index in [1.54, 1.807) is 0 Å². The number of nitro groups is 2. The van der Waals surface area contributed by atoms with Crippen LogP contribution in [0.2, 0.25) is 5.04 Å². The molecule has 0 amide bonds. The van der Waals surface area contributed by atoms with Crippen molar-refractivity contribution in [3.8, 4) is 0 Å². The zero-order valence-electron chi connectivity index (χ0n) is 33.4. The zero-order valence-corrected chi connectivity index (χ0v) is 34.4. The quantitative estimate of drug-likeness (QED) is 0.0389. The van der Waals surface area contributed by atoms with Crippen molar-refractivity contribution < 1.29 is 52.2 Å². The van der Waals surface area contributed by atoms with Crippen LogP contribution >= 0.6 is 0 Å². The van der Waals surface area contributed by atoms with E-state index in [0.29, 0.717) is 106 Å². The van der Waals surface area contributed by atoms with Crippen LogP contribution in [0.3, 0.4) is 0 Å². The van der Waals surface area contributed by atoms with E-state index in [1.807, 2.05) is 12.1 Å². The molecule has 3 rings (SSSR count). The SMILES string of the molecule is CC(C)(C)[Si](OCCOCCOCCOCCOCCOCCOCCOCCOCCNc1ccc([N+](=O)[O-])cc1[N+](=O)[O-])(c1ccccc1)c1ccccc1. The van der Waals surface area contributed by atoms with Gasteiger partial charge in [0, 0.05) is 12.6 Å². The topological polar surface area (TPSA) is 181 Å². The van der Waals surface area contributed by atoms with Gasteiger partial charge in [-0.15, -0.1) is 0 Å². The fourth-order valence-electron chi connectivity index (χ4n) is 5.85. The molecule has 0 bridgehead atoms. The summed E-state index contributed by atoms with van der Waals surface area (Å²) in [6.07, 6.45) is 0. The van der Waals surface area contributed by atoms with Crippen LogP contribution in [-0.2, 0) is 42.3 Å². The summed E-state index contributed by atoms with van der Waals surface area (Å²) in [4.78, 5) is 20.7. The lowest BCUT2D eigenvalue weighted by molar-refractivity contribution is -0.393. The number of nitrogens with zero attached hydrogens (tertiary/aromatic N) is 2. The third kappa shape index (κ3) is 17.7. The van der Waals surface area contributed by atoms with E-state index in [4.69, 9.17) is 42.3 Å². The lowest BCUT2D eigenvalue weighted by Gasteiger charge is -2.43. The number of hydrogen-bond donors (Lipinski definition) is 1. The second-order valence-corrected chi connectivity index (χ2v) is 17.9. The van der Waals surface area contributed by atoms with Crippen molar-refractivity contribution >= 4 is 35.8 Å². The maximum atomic E-state index is 11.2. The molecule has 0 aromatic heterocycles. The molecule has 316 valence electrons. The Kier molecular flexibility index (Phi) is 23.1. The summed E-state index contributed by atoms with van der Waals surface area (Å²) in [7, 11) is -2.56. The Morgan fingerprint density at radius 2 is 0.877 bits per heavy atom. The minimum Gasteiger partial charge on any atom is -0.405 e. The molecule has 3 aromatic carbocycles. The molecule has 0 heterocycles.